The van der Waals surface area contributed by atoms with E-state index in [4.69, 9.17) is 9.47 Å². The summed E-state index contributed by atoms with van der Waals surface area (Å²) in [4.78, 5) is 14.1. The van der Waals surface area contributed by atoms with E-state index in [0.717, 1.165) is 52.0 Å². The molecule has 0 aromatic carbocycles. The lowest BCUT2D eigenvalue weighted by Gasteiger charge is -2.37. The SMILES string of the molecule is COC(=O)[C@H]1CCCCN1CC1CCOCC1. The number of carbonyl (C=O) groups excluding carboxylic acids is 1. The zero-order valence-electron chi connectivity index (χ0n) is 10.7. The second kappa shape index (κ2) is 6.36. The molecule has 17 heavy (non-hydrogen) atoms. The first kappa shape index (κ1) is 12.8. The van der Waals surface area contributed by atoms with Crippen molar-refractivity contribution in [2.45, 2.75) is 38.1 Å². The van der Waals surface area contributed by atoms with E-state index in [0.29, 0.717) is 5.92 Å². The maximum atomic E-state index is 11.7. The number of hydrogen-bond acceptors (Lipinski definition) is 4. The molecule has 0 aromatic rings. The largest absolute Gasteiger partial charge is 0.468 e. The standard InChI is InChI=1S/C13H23NO3/c1-16-13(15)12-4-2-3-7-14(12)10-11-5-8-17-9-6-11/h11-12H,2-10H2,1H3/t12-/m1/s1. The van der Waals surface area contributed by atoms with Crippen LogP contribution in [0.25, 0.3) is 0 Å². The Balaban J connectivity index is 1.88. The highest BCUT2D eigenvalue weighted by molar-refractivity contribution is 5.75. The Labute approximate surface area is 103 Å². The second-order valence-corrected chi connectivity index (χ2v) is 5.09. The predicted octanol–water partition coefficient (Wildman–Crippen LogP) is 1.44. The van der Waals surface area contributed by atoms with Crippen molar-refractivity contribution < 1.29 is 14.3 Å². The molecule has 0 spiro atoms. The lowest BCUT2D eigenvalue weighted by molar-refractivity contribution is -0.148. The van der Waals surface area contributed by atoms with E-state index < -0.39 is 0 Å². The van der Waals surface area contributed by atoms with Gasteiger partial charge < -0.3 is 9.47 Å². The highest BCUT2D eigenvalue weighted by Crippen LogP contribution is 2.23. The fourth-order valence-electron chi connectivity index (χ4n) is 2.87. The van der Waals surface area contributed by atoms with Gasteiger partial charge in [0.2, 0.25) is 0 Å². The van der Waals surface area contributed by atoms with Gasteiger partial charge in [-0.1, -0.05) is 6.42 Å². The van der Waals surface area contributed by atoms with Crippen LogP contribution in [-0.2, 0) is 14.3 Å². The van der Waals surface area contributed by atoms with Crippen LogP contribution < -0.4 is 0 Å². The van der Waals surface area contributed by atoms with Crippen molar-refractivity contribution in [3.8, 4) is 0 Å². The number of hydrogen-bond donors (Lipinski definition) is 0. The molecule has 2 rings (SSSR count). The zero-order valence-corrected chi connectivity index (χ0v) is 10.7. The molecule has 2 heterocycles. The lowest BCUT2D eigenvalue weighted by Crippen LogP contribution is -2.47. The van der Waals surface area contributed by atoms with Gasteiger partial charge in [0.25, 0.3) is 0 Å². The number of esters is 1. The molecule has 0 saturated carbocycles. The van der Waals surface area contributed by atoms with E-state index in [2.05, 4.69) is 4.90 Å². The van der Waals surface area contributed by atoms with Gasteiger partial charge in [0, 0.05) is 19.8 Å². The van der Waals surface area contributed by atoms with Gasteiger partial charge in [-0.25, -0.2) is 0 Å². The first-order chi connectivity index (χ1) is 8.31. The van der Waals surface area contributed by atoms with Crippen LogP contribution in [0.3, 0.4) is 0 Å². The summed E-state index contributed by atoms with van der Waals surface area (Å²) < 4.78 is 10.3. The highest BCUT2D eigenvalue weighted by Gasteiger charge is 2.31. The number of rotatable bonds is 3. The van der Waals surface area contributed by atoms with Crippen LogP contribution in [-0.4, -0.2) is 50.3 Å². The predicted molar refractivity (Wildman–Crippen MR) is 64.8 cm³/mol. The van der Waals surface area contributed by atoms with Gasteiger partial charge in [0.15, 0.2) is 0 Å². The molecule has 0 aliphatic carbocycles. The van der Waals surface area contributed by atoms with Crippen LogP contribution in [0.5, 0.6) is 0 Å². The van der Waals surface area contributed by atoms with Crippen molar-refractivity contribution in [1.29, 1.82) is 0 Å². The van der Waals surface area contributed by atoms with Crippen molar-refractivity contribution in [1.82, 2.24) is 4.90 Å². The molecule has 2 saturated heterocycles. The Morgan fingerprint density at radius 1 is 1.29 bits per heavy atom. The number of nitrogens with zero attached hydrogens (tertiary/aromatic N) is 1. The molecule has 0 N–H and O–H groups in total. The van der Waals surface area contributed by atoms with Crippen LogP contribution in [0.15, 0.2) is 0 Å². The van der Waals surface area contributed by atoms with Crippen molar-refractivity contribution in [2.24, 2.45) is 5.92 Å². The monoisotopic (exact) mass is 241 g/mol. The van der Waals surface area contributed by atoms with Crippen LogP contribution >= 0.6 is 0 Å². The van der Waals surface area contributed by atoms with E-state index >= 15 is 0 Å². The summed E-state index contributed by atoms with van der Waals surface area (Å²) in [7, 11) is 1.49. The van der Waals surface area contributed by atoms with Crippen LogP contribution in [0.1, 0.15) is 32.1 Å². The number of ether oxygens (including phenoxy) is 2. The molecule has 4 heteroatoms. The summed E-state index contributed by atoms with van der Waals surface area (Å²) in [5, 5.41) is 0. The maximum Gasteiger partial charge on any atom is 0.323 e. The van der Waals surface area contributed by atoms with Crippen molar-refractivity contribution in [3.63, 3.8) is 0 Å². The van der Waals surface area contributed by atoms with Gasteiger partial charge in [-0.15, -0.1) is 0 Å². The molecular weight excluding hydrogens is 218 g/mol. The summed E-state index contributed by atoms with van der Waals surface area (Å²) in [6.07, 6.45) is 5.56. The first-order valence-corrected chi connectivity index (χ1v) is 6.71. The minimum Gasteiger partial charge on any atom is -0.468 e. The molecule has 2 aliphatic rings. The van der Waals surface area contributed by atoms with E-state index in [1.54, 1.807) is 0 Å². The molecule has 4 nitrogen and oxygen atoms in total. The van der Waals surface area contributed by atoms with Gasteiger partial charge in [-0.05, 0) is 38.1 Å². The van der Waals surface area contributed by atoms with Crippen LogP contribution in [0.2, 0.25) is 0 Å². The smallest absolute Gasteiger partial charge is 0.323 e. The Hall–Kier alpha value is -0.610. The average molecular weight is 241 g/mol. The van der Waals surface area contributed by atoms with Crippen molar-refractivity contribution in [2.75, 3.05) is 33.4 Å². The Kier molecular flexibility index (Phi) is 4.80. The topological polar surface area (TPSA) is 38.8 Å². The number of piperidine rings is 1. The number of carbonyl (C=O) groups is 1. The molecular formula is C13H23NO3. The molecule has 0 amide bonds. The quantitative estimate of drug-likeness (QED) is 0.701. The zero-order chi connectivity index (χ0) is 12.1. The summed E-state index contributed by atoms with van der Waals surface area (Å²) in [5.41, 5.74) is 0. The van der Waals surface area contributed by atoms with E-state index in [1.807, 2.05) is 0 Å². The maximum absolute atomic E-state index is 11.7. The van der Waals surface area contributed by atoms with Gasteiger partial charge in [-0.3, -0.25) is 9.69 Å². The summed E-state index contributed by atoms with van der Waals surface area (Å²) in [6, 6.07) is -0.00315. The fraction of sp³-hybridized carbons (Fsp3) is 0.923. The average Bonchev–Trinajstić information content (AvgIpc) is 2.40. The van der Waals surface area contributed by atoms with Crippen LogP contribution in [0, 0.1) is 5.92 Å². The number of methoxy groups -OCH3 is 1. The Morgan fingerprint density at radius 2 is 2.06 bits per heavy atom. The third-order valence-electron chi connectivity index (χ3n) is 3.92. The van der Waals surface area contributed by atoms with Crippen molar-refractivity contribution >= 4 is 5.97 Å². The lowest BCUT2D eigenvalue weighted by atomic mass is 9.95. The molecule has 2 aliphatic heterocycles. The van der Waals surface area contributed by atoms with E-state index in [1.165, 1.54) is 13.5 Å². The van der Waals surface area contributed by atoms with E-state index in [-0.39, 0.29) is 12.0 Å². The fourth-order valence-corrected chi connectivity index (χ4v) is 2.87. The summed E-state index contributed by atoms with van der Waals surface area (Å²) in [6.45, 7) is 3.82. The molecule has 98 valence electrons. The third-order valence-corrected chi connectivity index (χ3v) is 3.92. The molecule has 0 unspecified atom stereocenters. The molecule has 0 aromatic heterocycles. The highest BCUT2D eigenvalue weighted by atomic mass is 16.5. The first-order valence-electron chi connectivity index (χ1n) is 6.71. The summed E-state index contributed by atoms with van der Waals surface area (Å²) in [5.74, 6) is 0.630. The normalized spacial score (nSPS) is 27.9. The molecule has 0 bridgehead atoms. The minimum absolute atomic E-state index is 0.00315. The minimum atomic E-state index is -0.0586. The third kappa shape index (κ3) is 3.42. The van der Waals surface area contributed by atoms with Gasteiger partial charge in [-0.2, -0.15) is 0 Å². The van der Waals surface area contributed by atoms with Crippen LogP contribution in [0.4, 0.5) is 0 Å². The second-order valence-electron chi connectivity index (χ2n) is 5.09. The van der Waals surface area contributed by atoms with Gasteiger partial charge in [0.1, 0.15) is 6.04 Å². The Bertz CT molecular complexity index is 251. The summed E-state index contributed by atoms with van der Waals surface area (Å²) >= 11 is 0. The molecule has 2 fully saturated rings. The number of likely N-dealkylation sites (tertiary alicyclic amines) is 1. The van der Waals surface area contributed by atoms with Crippen molar-refractivity contribution in [3.05, 3.63) is 0 Å². The van der Waals surface area contributed by atoms with Gasteiger partial charge >= 0.3 is 5.97 Å². The molecule has 0 radical (unpaired) electrons. The van der Waals surface area contributed by atoms with E-state index in [9.17, 15) is 4.79 Å². The van der Waals surface area contributed by atoms with Gasteiger partial charge in [0.05, 0.1) is 7.11 Å². The Morgan fingerprint density at radius 3 is 2.76 bits per heavy atom. The molecule has 1 atom stereocenters.